The van der Waals surface area contributed by atoms with Gasteiger partial charge in [-0.05, 0) is 6.42 Å². The van der Waals surface area contributed by atoms with Crippen molar-refractivity contribution >= 4 is 7.82 Å². The zero-order valence-corrected chi connectivity index (χ0v) is 24.4. The number of hydrogen-bond donors (Lipinski definition) is 2. The lowest BCUT2D eigenvalue weighted by atomic mass is 10.0. The third-order valence-electron chi connectivity index (χ3n) is 6.15. The first-order valence-electron chi connectivity index (χ1n) is 14.3. The first kappa shape index (κ1) is 35.0. The summed E-state index contributed by atoms with van der Waals surface area (Å²) in [5, 5.41) is 9.87. The van der Waals surface area contributed by atoms with E-state index in [0.29, 0.717) is 17.6 Å². The number of aliphatic hydroxyl groups excluding tert-OH is 1. The van der Waals surface area contributed by atoms with E-state index in [-0.39, 0.29) is 19.8 Å². The number of phosphoric ester groups is 1. The van der Waals surface area contributed by atoms with Gasteiger partial charge in [0.05, 0.1) is 34.4 Å². The fourth-order valence-corrected chi connectivity index (χ4v) is 4.59. The quantitative estimate of drug-likeness (QED) is 0.0694. The van der Waals surface area contributed by atoms with Gasteiger partial charge in [0.2, 0.25) is 0 Å². The highest BCUT2D eigenvalue weighted by Gasteiger charge is 2.24. The van der Waals surface area contributed by atoms with Crippen molar-refractivity contribution in [2.24, 2.45) is 0 Å². The minimum absolute atomic E-state index is 0.0950. The monoisotopic (exact) mass is 524 g/mol. The highest BCUT2D eigenvalue weighted by molar-refractivity contribution is 7.47. The molecule has 0 aromatic carbocycles. The van der Waals surface area contributed by atoms with E-state index in [9.17, 15) is 14.6 Å². The molecule has 8 heteroatoms. The molecule has 0 aliphatic carbocycles. The lowest BCUT2D eigenvalue weighted by Gasteiger charge is -2.24. The molecule has 0 bridgehead atoms. The van der Waals surface area contributed by atoms with Crippen molar-refractivity contribution in [3.63, 3.8) is 0 Å². The Morgan fingerprint density at radius 2 is 1.09 bits per heavy atom. The molecule has 0 rings (SSSR count). The van der Waals surface area contributed by atoms with E-state index in [1.165, 1.54) is 96.3 Å². The van der Waals surface area contributed by atoms with Gasteiger partial charge in [-0.2, -0.15) is 0 Å². The molecule has 0 saturated carbocycles. The molecular formula is C27H59NO6P+. The van der Waals surface area contributed by atoms with Crippen LogP contribution in [0.2, 0.25) is 0 Å². The van der Waals surface area contributed by atoms with E-state index < -0.39 is 13.9 Å². The van der Waals surface area contributed by atoms with E-state index in [0.717, 1.165) is 12.8 Å². The first-order valence-corrected chi connectivity index (χ1v) is 15.8. The van der Waals surface area contributed by atoms with Gasteiger partial charge in [0.25, 0.3) is 0 Å². The van der Waals surface area contributed by atoms with E-state index >= 15 is 0 Å². The van der Waals surface area contributed by atoms with Crippen LogP contribution >= 0.6 is 7.82 Å². The second-order valence-corrected chi connectivity index (χ2v) is 12.5. The van der Waals surface area contributed by atoms with Crippen LogP contribution in [0.4, 0.5) is 0 Å². The number of quaternary nitrogens is 1. The van der Waals surface area contributed by atoms with Gasteiger partial charge >= 0.3 is 7.82 Å². The van der Waals surface area contributed by atoms with Crippen LogP contribution < -0.4 is 0 Å². The summed E-state index contributed by atoms with van der Waals surface area (Å²) in [6, 6.07) is 0. The predicted molar refractivity (Wildman–Crippen MR) is 146 cm³/mol. The van der Waals surface area contributed by atoms with Crippen LogP contribution in [0.3, 0.4) is 0 Å². The Morgan fingerprint density at radius 3 is 1.51 bits per heavy atom. The molecule has 0 aromatic rings. The number of rotatable bonds is 27. The molecular weight excluding hydrogens is 465 g/mol. The minimum Gasteiger partial charge on any atom is -0.388 e. The maximum atomic E-state index is 11.8. The number of aliphatic hydroxyl groups is 1. The molecule has 0 amide bonds. The Labute approximate surface area is 217 Å². The molecule has 2 atom stereocenters. The predicted octanol–water partition coefficient (Wildman–Crippen LogP) is 6.86. The van der Waals surface area contributed by atoms with Crippen molar-refractivity contribution in [1.29, 1.82) is 0 Å². The molecule has 0 heterocycles. The van der Waals surface area contributed by atoms with Gasteiger partial charge in [0.1, 0.15) is 19.3 Å². The van der Waals surface area contributed by atoms with Gasteiger partial charge in [-0.1, -0.05) is 110 Å². The molecule has 0 fully saturated rings. The highest BCUT2D eigenvalue weighted by atomic mass is 31.2. The zero-order valence-electron chi connectivity index (χ0n) is 23.6. The lowest BCUT2D eigenvalue weighted by molar-refractivity contribution is -0.870. The van der Waals surface area contributed by atoms with E-state index in [1.54, 1.807) is 0 Å². The summed E-state index contributed by atoms with van der Waals surface area (Å²) in [4.78, 5) is 9.65. The summed E-state index contributed by atoms with van der Waals surface area (Å²) in [6.07, 6.45) is 21.8. The molecule has 2 unspecified atom stereocenters. The first-order chi connectivity index (χ1) is 16.7. The third kappa shape index (κ3) is 28.4. The summed E-state index contributed by atoms with van der Waals surface area (Å²) in [5.74, 6) is 0. The van der Waals surface area contributed by atoms with Gasteiger partial charge in [0, 0.05) is 6.61 Å². The Bertz CT molecular complexity index is 501. The number of unbranched alkanes of at least 4 members (excludes halogenated alkanes) is 16. The van der Waals surface area contributed by atoms with Crippen LogP contribution in [0.25, 0.3) is 0 Å². The molecule has 2 N–H and O–H groups in total. The van der Waals surface area contributed by atoms with Crippen LogP contribution in [0.5, 0.6) is 0 Å². The third-order valence-corrected chi connectivity index (χ3v) is 7.13. The number of ether oxygens (including phenoxy) is 1. The standard InChI is InChI=1S/C27H58NO6P/c1-5-6-7-8-9-10-11-12-13-14-15-16-17-18-19-20-21-23-32-25-27(29)26-34-35(30,31)33-24-22-28(2,3)4/h27,29H,5-26H2,1-4H3/p+1. The molecule has 35 heavy (non-hydrogen) atoms. The molecule has 0 saturated heterocycles. The summed E-state index contributed by atoms with van der Waals surface area (Å²) in [7, 11) is 1.76. The van der Waals surface area contributed by atoms with Crippen molar-refractivity contribution < 1.29 is 32.8 Å². The Morgan fingerprint density at radius 1 is 0.657 bits per heavy atom. The number of phosphoric acid groups is 1. The molecule has 0 aliphatic heterocycles. The Kier molecular flexibility index (Phi) is 23.1. The lowest BCUT2D eigenvalue weighted by Crippen LogP contribution is -2.37. The van der Waals surface area contributed by atoms with Crippen LogP contribution in [0.15, 0.2) is 0 Å². The van der Waals surface area contributed by atoms with Crippen molar-refractivity contribution in [3.8, 4) is 0 Å². The molecule has 212 valence electrons. The zero-order chi connectivity index (χ0) is 26.3. The van der Waals surface area contributed by atoms with Gasteiger partial charge in [0.15, 0.2) is 0 Å². The molecule has 7 nitrogen and oxygen atoms in total. The van der Waals surface area contributed by atoms with Crippen molar-refractivity contribution in [2.45, 2.75) is 122 Å². The Balaban J connectivity index is 3.35. The smallest absolute Gasteiger partial charge is 0.388 e. The van der Waals surface area contributed by atoms with Crippen molar-refractivity contribution in [2.75, 3.05) is 54.1 Å². The topological polar surface area (TPSA) is 85.2 Å². The van der Waals surface area contributed by atoms with Crippen molar-refractivity contribution in [1.82, 2.24) is 0 Å². The molecule has 0 aromatic heterocycles. The minimum atomic E-state index is -4.14. The fourth-order valence-electron chi connectivity index (χ4n) is 3.84. The number of likely N-dealkylation sites (N-methyl/N-ethyl adjacent to an activating group) is 1. The van der Waals surface area contributed by atoms with Crippen LogP contribution in [0, 0.1) is 0 Å². The van der Waals surface area contributed by atoms with E-state index in [2.05, 4.69) is 6.92 Å². The summed E-state index contributed by atoms with van der Waals surface area (Å²) in [6.45, 7) is 3.38. The second kappa shape index (κ2) is 23.1. The largest absolute Gasteiger partial charge is 0.472 e. The van der Waals surface area contributed by atoms with Gasteiger partial charge in [-0.25, -0.2) is 4.57 Å². The summed E-state index contributed by atoms with van der Waals surface area (Å²) >= 11 is 0. The summed E-state index contributed by atoms with van der Waals surface area (Å²) < 4.78 is 27.7. The van der Waals surface area contributed by atoms with Gasteiger partial charge in [-0.3, -0.25) is 9.05 Å². The maximum absolute atomic E-state index is 11.8. The van der Waals surface area contributed by atoms with Crippen LogP contribution in [0.1, 0.15) is 116 Å². The van der Waals surface area contributed by atoms with Crippen molar-refractivity contribution in [3.05, 3.63) is 0 Å². The number of hydrogen-bond acceptors (Lipinski definition) is 5. The van der Waals surface area contributed by atoms with Gasteiger partial charge in [-0.15, -0.1) is 0 Å². The average Bonchev–Trinajstić information content (AvgIpc) is 2.78. The Hall–Kier alpha value is -0.0100. The summed E-state index contributed by atoms with van der Waals surface area (Å²) in [5.41, 5.74) is 0. The number of nitrogens with zero attached hydrogens (tertiary/aromatic N) is 1. The van der Waals surface area contributed by atoms with E-state index in [4.69, 9.17) is 13.8 Å². The normalized spacial score (nSPS) is 14.8. The van der Waals surface area contributed by atoms with E-state index in [1.807, 2.05) is 21.1 Å². The molecule has 0 spiro atoms. The average molecular weight is 525 g/mol. The molecule has 0 aliphatic rings. The highest BCUT2D eigenvalue weighted by Crippen LogP contribution is 2.43. The van der Waals surface area contributed by atoms with Gasteiger partial charge < -0.3 is 19.2 Å². The van der Waals surface area contributed by atoms with Crippen LogP contribution in [-0.2, 0) is 18.3 Å². The maximum Gasteiger partial charge on any atom is 0.472 e. The molecule has 0 radical (unpaired) electrons. The van der Waals surface area contributed by atoms with Crippen LogP contribution in [-0.4, -0.2) is 74.7 Å². The fraction of sp³-hybridized carbons (Fsp3) is 1.00. The SMILES string of the molecule is CCCCCCCCCCCCCCCCCCCOCC(O)COP(=O)(O)OCC[N+](C)(C)C. The second-order valence-electron chi connectivity index (χ2n) is 11.0.